The number of benzene rings is 2. The SMILES string of the molecule is C=c1[nH]c2c(C(=O)NC3CC[C@@H](NC(=O)CN)C3)sc3nccc(c32)n1-c1ccc(Oc2ccccc2)cc1C. The normalized spacial score (nSPS) is 16.9. The Morgan fingerprint density at radius 2 is 1.90 bits per heavy atom. The minimum absolute atomic E-state index is 0.0227. The van der Waals surface area contributed by atoms with E-state index < -0.39 is 0 Å². The molecule has 1 unspecified atom stereocenters. The van der Waals surface area contributed by atoms with Crippen molar-refractivity contribution >= 4 is 51.0 Å². The van der Waals surface area contributed by atoms with Crippen LogP contribution in [0.25, 0.3) is 33.5 Å². The third-order valence-corrected chi connectivity index (χ3v) is 8.36. The van der Waals surface area contributed by atoms with Crippen molar-refractivity contribution < 1.29 is 14.3 Å². The van der Waals surface area contributed by atoms with E-state index >= 15 is 0 Å². The van der Waals surface area contributed by atoms with Crippen molar-refractivity contribution in [2.45, 2.75) is 38.3 Å². The molecule has 2 atom stereocenters. The Labute approximate surface area is 234 Å². The largest absolute Gasteiger partial charge is 0.457 e. The number of aromatic nitrogens is 3. The van der Waals surface area contributed by atoms with E-state index in [9.17, 15) is 9.59 Å². The summed E-state index contributed by atoms with van der Waals surface area (Å²) in [6.45, 7) is 6.30. The van der Waals surface area contributed by atoms with Crippen molar-refractivity contribution in [2.75, 3.05) is 6.54 Å². The van der Waals surface area contributed by atoms with Crippen molar-refractivity contribution in [3.05, 3.63) is 76.7 Å². The van der Waals surface area contributed by atoms with Crippen molar-refractivity contribution in [1.29, 1.82) is 0 Å². The molecular formula is C30H30N6O3S. The maximum Gasteiger partial charge on any atom is 0.263 e. The Balaban J connectivity index is 1.31. The van der Waals surface area contributed by atoms with Gasteiger partial charge in [0.05, 0.1) is 28.7 Å². The number of hydrogen-bond donors (Lipinski definition) is 4. The number of nitrogens with two attached hydrogens (primary N) is 1. The van der Waals surface area contributed by atoms with E-state index in [1.54, 1.807) is 6.20 Å². The summed E-state index contributed by atoms with van der Waals surface area (Å²) in [7, 11) is 0. The van der Waals surface area contributed by atoms with Gasteiger partial charge in [0.15, 0.2) is 0 Å². The van der Waals surface area contributed by atoms with Crippen LogP contribution in [0.4, 0.5) is 0 Å². The molecular weight excluding hydrogens is 524 g/mol. The topological polar surface area (TPSA) is 127 Å². The Morgan fingerprint density at radius 3 is 2.65 bits per heavy atom. The monoisotopic (exact) mass is 554 g/mol. The molecule has 5 N–H and O–H groups in total. The summed E-state index contributed by atoms with van der Waals surface area (Å²) < 4.78 is 8.07. The standard InChI is InChI=1S/C30H30N6O3S/c1-17-14-22(39-21-6-4-3-5-7-21)10-11-23(17)36-18(2)33-27-26-24(36)12-13-32-30(26)40-28(27)29(38)35-20-9-8-19(15-20)34-25(37)16-31/h3-7,10-14,19-20,33H,2,8-9,15-16,31H2,1H3,(H,34,37)(H,35,38)/t19-,20?/m1/s1. The Bertz CT molecular complexity index is 1790. The van der Waals surface area contributed by atoms with Gasteiger partial charge >= 0.3 is 0 Å². The highest BCUT2D eigenvalue weighted by molar-refractivity contribution is 7.21. The fourth-order valence-corrected chi connectivity index (χ4v) is 6.46. The molecule has 204 valence electrons. The summed E-state index contributed by atoms with van der Waals surface area (Å²) in [6, 6.07) is 17.6. The molecule has 0 saturated heterocycles. The number of aromatic amines is 1. The van der Waals surface area contributed by atoms with E-state index in [-0.39, 0.29) is 30.4 Å². The van der Waals surface area contributed by atoms with Crippen LogP contribution in [0, 0.1) is 6.92 Å². The van der Waals surface area contributed by atoms with Crippen molar-refractivity contribution in [1.82, 2.24) is 25.2 Å². The Hall–Kier alpha value is -4.41. The molecule has 1 aliphatic rings. The predicted octanol–water partition coefficient (Wildman–Crippen LogP) is 4.09. The number of H-pyrrole nitrogens is 1. The molecule has 10 heteroatoms. The molecule has 5 aromatic rings. The molecule has 2 aromatic carbocycles. The van der Waals surface area contributed by atoms with E-state index in [1.807, 2.05) is 61.5 Å². The molecule has 40 heavy (non-hydrogen) atoms. The molecule has 1 saturated carbocycles. The molecule has 2 amide bonds. The maximum absolute atomic E-state index is 13.4. The summed E-state index contributed by atoms with van der Waals surface area (Å²) in [5.74, 6) is 1.18. The number of para-hydroxylation sites is 1. The van der Waals surface area contributed by atoms with Gasteiger partial charge in [0.2, 0.25) is 5.91 Å². The molecule has 0 spiro atoms. The number of carbonyl (C=O) groups is 2. The zero-order chi connectivity index (χ0) is 27.8. The first-order chi connectivity index (χ1) is 19.4. The van der Waals surface area contributed by atoms with Crippen LogP contribution in [0.15, 0.2) is 60.8 Å². The zero-order valence-electron chi connectivity index (χ0n) is 22.1. The summed E-state index contributed by atoms with van der Waals surface area (Å²) in [6.07, 6.45) is 4.04. The van der Waals surface area contributed by atoms with Crippen molar-refractivity contribution in [3.8, 4) is 17.2 Å². The number of aryl methyl sites for hydroxylation is 1. The van der Waals surface area contributed by atoms with Gasteiger partial charge in [-0.25, -0.2) is 4.98 Å². The van der Waals surface area contributed by atoms with Gasteiger partial charge in [-0.1, -0.05) is 24.8 Å². The van der Waals surface area contributed by atoms with Crippen LogP contribution in [0.3, 0.4) is 0 Å². The van der Waals surface area contributed by atoms with Crippen LogP contribution in [-0.2, 0) is 4.79 Å². The first-order valence-electron chi connectivity index (χ1n) is 13.2. The minimum atomic E-state index is -0.176. The molecule has 9 nitrogen and oxygen atoms in total. The van der Waals surface area contributed by atoms with Crippen LogP contribution in [-0.4, -0.2) is 45.0 Å². The highest BCUT2D eigenvalue weighted by Crippen LogP contribution is 2.35. The van der Waals surface area contributed by atoms with Gasteiger partial charge < -0.3 is 26.1 Å². The smallest absolute Gasteiger partial charge is 0.263 e. The number of thiophene rings is 1. The van der Waals surface area contributed by atoms with Crippen molar-refractivity contribution in [3.63, 3.8) is 0 Å². The van der Waals surface area contributed by atoms with Crippen LogP contribution < -0.4 is 26.6 Å². The van der Waals surface area contributed by atoms with Gasteiger partial charge in [-0.05, 0) is 68.1 Å². The predicted molar refractivity (Wildman–Crippen MR) is 158 cm³/mol. The number of rotatable bonds is 7. The summed E-state index contributed by atoms with van der Waals surface area (Å²) in [5.41, 5.74) is 9.64. The molecule has 0 radical (unpaired) electrons. The van der Waals surface area contributed by atoms with Crippen LogP contribution in [0.5, 0.6) is 11.5 Å². The average Bonchev–Trinajstić information content (AvgIpc) is 3.55. The number of ether oxygens (including phenoxy) is 1. The highest BCUT2D eigenvalue weighted by atomic mass is 32.1. The minimum Gasteiger partial charge on any atom is -0.457 e. The Kier molecular flexibility index (Phi) is 6.87. The lowest BCUT2D eigenvalue weighted by Gasteiger charge is -2.17. The second-order valence-corrected chi connectivity index (χ2v) is 11.0. The lowest BCUT2D eigenvalue weighted by molar-refractivity contribution is -0.120. The second-order valence-electron chi connectivity index (χ2n) is 10.0. The lowest BCUT2D eigenvalue weighted by Crippen LogP contribution is -2.39. The summed E-state index contributed by atoms with van der Waals surface area (Å²) in [4.78, 5) is 34.4. The van der Waals surface area contributed by atoms with E-state index in [2.05, 4.69) is 31.7 Å². The van der Waals surface area contributed by atoms with Gasteiger partial charge in [0.25, 0.3) is 5.91 Å². The third kappa shape index (κ3) is 4.87. The molecule has 1 aliphatic carbocycles. The molecule has 0 aliphatic heterocycles. The average molecular weight is 555 g/mol. The Morgan fingerprint density at radius 1 is 1.12 bits per heavy atom. The fraction of sp³-hybridized carbons (Fsp3) is 0.233. The van der Waals surface area contributed by atoms with Crippen LogP contribution in [0.2, 0.25) is 0 Å². The number of hydrogen-bond acceptors (Lipinski definition) is 6. The zero-order valence-corrected chi connectivity index (χ0v) is 22.9. The number of carbonyl (C=O) groups excluding carboxylic acids is 2. The van der Waals surface area contributed by atoms with E-state index in [0.717, 1.165) is 56.8 Å². The van der Waals surface area contributed by atoms with Crippen molar-refractivity contribution in [2.24, 2.45) is 5.73 Å². The molecule has 3 heterocycles. The van der Waals surface area contributed by atoms with E-state index in [1.165, 1.54) is 11.3 Å². The van der Waals surface area contributed by atoms with Crippen LogP contribution >= 0.6 is 11.3 Å². The molecule has 0 bridgehead atoms. The quantitative estimate of drug-likeness (QED) is 0.241. The maximum atomic E-state index is 13.4. The van der Waals surface area contributed by atoms with E-state index in [4.69, 9.17) is 10.5 Å². The first kappa shape index (κ1) is 25.8. The third-order valence-electron chi connectivity index (χ3n) is 7.26. The number of nitrogens with zero attached hydrogens (tertiary/aromatic N) is 2. The molecule has 1 fully saturated rings. The van der Waals surface area contributed by atoms with Gasteiger partial charge in [-0.15, -0.1) is 11.3 Å². The first-order valence-corrected chi connectivity index (χ1v) is 14.0. The van der Waals surface area contributed by atoms with Gasteiger partial charge in [0.1, 0.15) is 26.7 Å². The van der Waals surface area contributed by atoms with Gasteiger partial charge in [0, 0.05) is 18.3 Å². The summed E-state index contributed by atoms with van der Waals surface area (Å²) in [5, 5.41) is 6.95. The highest BCUT2D eigenvalue weighted by Gasteiger charge is 2.29. The molecule has 3 aromatic heterocycles. The lowest BCUT2D eigenvalue weighted by atomic mass is 10.1. The van der Waals surface area contributed by atoms with Gasteiger partial charge in [-0.2, -0.15) is 0 Å². The number of amides is 2. The number of pyridine rings is 1. The number of nitrogens with one attached hydrogen (secondary N) is 3. The van der Waals surface area contributed by atoms with E-state index in [0.29, 0.717) is 16.8 Å². The second kappa shape index (κ2) is 10.6. The van der Waals surface area contributed by atoms with Gasteiger partial charge in [-0.3, -0.25) is 14.2 Å². The molecule has 6 rings (SSSR count). The van der Waals surface area contributed by atoms with Crippen LogP contribution in [0.1, 0.15) is 34.5 Å². The summed E-state index contributed by atoms with van der Waals surface area (Å²) >= 11 is 1.36. The fourth-order valence-electron chi connectivity index (χ4n) is 5.44.